The van der Waals surface area contributed by atoms with Gasteiger partial charge in [-0.05, 0) is 12.1 Å². The van der Waals surface area contributed by atoms with E-state index < -0.39 is 5.82 Å². The number of thiocarbonyl (C=S) groups is 1. The molecule has 0 spiro atoms. The molecule has 1 aromatic rings. The molecule has 0 bridgehead atoms. The number of rotatable bonds is 5. The van der Waals surface area contributed by atoms with E-state index in [0.29, 0.717) is 18.0 Å². The fourth-order valence-electron chi connectivity index (χ4n) is 1.39. The summed E-state index contributed by atoms with van der Waals surface area (Å²) in [5, 5.41) is 0.256. The van der Waals surface area contributed by atoms with Gasteiger partial charge in [0.1, 0.15) is 5.82 Å². The van der Waals surface area contributed by atoms with Crippen LogP contribution in [0.5, 0.6) is 0 Å². The first-order valence-corrected chi connectivity index (χ1v) is 6.15. The Morgan fingerprint density at radius 2 is 2.22 bits per heavy atom. The lowest BCUT2D eigenvalue weighted by Crippen LogP contribution is -2.31. The molecular weight excluding hydrogens is 275 g/mol. The third-order valence-corrected chi connectivity index (χ3v) is 3.07. The monoisotopic (exact) mass is 288 g/mol. The van der Waals surface area contributed by atoms with Gasteiger partial charge in [0.2, 0.25) is 5.91 Å². The lowest BCUT2D eigenvalue weighted by atomic mass is 10.1. The van der Waals surface area contributed by atoms with Crippen molar-refractivity contribution < 1.29 is 9.18 Å². The number of hydrogen-bond donors (Lipinski definition) is 1. The first kappa shape index (κ1) is 14.9. The summed E-state index contributed by atoms with van der Waals surface area (Å²) in [6.07, 6.45) is 0.377. The highest BCUT2D eigenvalue weighted by Crippen LogP contribution is 2.19. The van der Waals surface area contributed by atoms with Gasteiger partial charge >= 0.3 is 0 Å². The van der Waals surface area contributed by atoms with Crippen LogP contribution in [0.25, 0.3) is 0 Å². The van der Waals surface area contributed by atoms with Gasteiger partial charge in [-0.15, -0.1) is 0 Å². The molecule has 0 aliphatic carbocycles. The van der Waals surface area contributed by atoms with Crippen molar-refractivity contribution in [1.29, 1.82) is 0 Å². The van der Waals surface area contributed by atoms with E-state index in [1.165, 1.54) is 17.0 Å². The Bertz CT molecular complexity index is 447. The third kappa shape index (κ3) is 4.23. The van der Waals surface area contributed by atoms with Crippen LogP contribution in [0.3, 0.4) is 0 Å². The smallest absolute Gasteiger partial charge is 0.226 e. The van der Waals surface area contributed by atoms with Gasteiger partial charge in [-0.25, -0.2) is 4.39 Å². The van der Waals surface area contributed by atoms with Crippen LogP contribution in [0.2, 0.25) is 5.02 Å². The van der Waals surface area contributed by atoms with Crippen molar-refractivity contribution in [2.45, 2.75) is 12.8 Å². The van der Waals surface area contributed by atoms with Gasteiger partial charge in [0.25, 0.3) is 0 Å². The second-order valence-corrected chi connectivity index (χ2v) is 4.84. The number of carbonyl (C=O) groups excluding carboxylic acids is 1. The Kier molecular flexibility index (Phi) is 5.50. The average molecular weight is 289 g/mol. The van der Waals surface area contributed by atoms with E-state index in [-0.39, 0.29) is 22.9 Å². The van der Waals surface area contributed by atoms with Crippen molar-refractivity contribution in [3.05, 3.63) is 34.6 Å². The summed E-state index contributed by atoms with van der Waals surface area (Å²) in [6.45, 7) is 0.417. The van der Waals surface area contributed by atoms with Crippen LogP contribution in [0.4, 0.5) is 4.39 Å². The Morgan fingerprint density at radius 1 is 1.56 bits per heavy atom. The van der Waals surface area contributed by atoms with Crippen LogP contribution in [-0.2, 0) is 11.2 Å². The van der Waals surface area contributed by atoms with E-state index in [1.54, 1.807) is 13.1 Å². The molecule has 0 fully saturated rings. The van der Waals surface area contributed by atoms with Crippen LogP contribution in [0.1, 0.15) is 12.0 Å². The Labute approximate surface area is 116 Å². The van der Waals surface area contributed by atoms with Gasteiger partial charge in [-0.1, -0.05) is 29.9 Å². The number of benzene rings is 1. The normalized spacial score (nSPS) is 10.2. The van der Waals surface area contributed by atoms with Crippen molar-refractivity contribution >= 4 is 34.7 Å². The molecule has 3 nitrogen and oxygen atoms in total. The van der Waals surface area contributed by atoms with E-state index in [2.05, 4.69) is 0 Å². The van der Waals surface area contributed by atoms with Gasteiger partial charge in [0.15, 0.2) is 0 Å². The van der Waals surface area contributed by atoms with Crippen molar-refractivity contribution in [1.82, 2.24) is 4.90 Å². The van der Waals surface area contributed by atoms with Crippen molar-refractivity contribution in [2.75, 3.05) is 13.6 Å². The predicted molar refractivity (Wildman–Crippen MR) is 74.2 cm³/mol. The minimum absolute atomic E-state index is 0.0701. The number of carbonyl (C=O) groups is 1. The van der Waals surface area contributed by atoms with E-state index in [1.807, 2.05) is 0 Å². The van der Waals surface area contributed by atoms with E-state index in [9.17, 15) is 9.18 Å². The summed E-state index contributed by atoms with van der Waals surface area (Å²) in [7, 11) is 1.62. The van der Waals surface area contributed by atoms with Gasteiger partial charge in [0, 0.05) is 30.6 Å². The summed E-state index contributed by atoms with van der Waals surface area (Å²) >= 11 is 10.6. The molecule has 1 aromatic carbocycles. The third-order valence-electron chi connectivity index (χ3n) is 2.51. The Hall–Kier alpha value is -1.20. The molecule has 1 rings (SSSR count). The molecule has 0 aliphatic rings. The SMILES string of the molecule is CN(CCC(N)=S)C(=O)Cc1c(F)cccc1Cl. The molecule has 0 saturated heterocycles. The zero-order chi connectivity index (χ0) is 13.7. The summed E-state index contributed by atoms with van der Waals surface area (Å²) in [5.74, 6) is -0.697. The molecule has 1 amide bonds. The molecule has 0 saturated carbocycles. The van der Waals surface area contributed by atoms with Crippen LogP contribution in [0.15, 0.2) is 18.2 Å². The van der Waals surface area contributed by atoms with Crippen molar-refractivity contribution in [2.24, 2.45) is 5.73 Å². The molecule has 0 aromatic heterocycles. The van der Waals surface area contributed by atoms with E-state index >= 15 is 0 Å². The number of nitrogens with two attached hydrogens (primary N) is 1. The molecule has 0 unspecified atom stereocenters. The number of halogens is 2. The van der Waals surface area contributed by atoms with E-state index in [4.69, 9.17) is 29.6 Å². The summed E-state index contributed by atoms with van der Waals surface area (Å²) in [6, 6.07) is 4.34. The number of likely N-dealkylation sites (N-methyl/N-ethyl adjacent to an activating group) is 1. The highest BCUT2D eigenvalue weighted by atomic mass is 35.5. The average Bonchev–Trinajstić information content (AvgIpc) is 2.30. The maximum atomic E-state index is 13.5. The van der Waals surface area contributed by atoms with Crippen LogP contribution < -0.4 is 5.73 Å². The highest BCUT2D eigenvalue weighted by molar-refractivity contribution is 7.80. The second-order valence-electron chi connectivity index (χ2n) is 3.91. The quantitative estimate of drug-likeness (QED) is 0.845. The van der Waals surface area contributed by atoms with Crippen LogP contribution in [0, 0.1) is 5.82 Å². The standard InChI is InChI=1S/C12H14ClFN2OS/c1-16(6-5-11(15)18)12(17)7-8-9(13)3-2-4-10(8)14/h2-4H,5-7H2,1H3,(H2,15,18). The van der Waals surface area contributed by atoms with E-state index in [0.717, 1.165) is 0 Å². The lowest BCUT2D eigenvalue weighted by molar-refractivity contribution is -0.129. The fourth-order valence-corrected chi connectivity index (χ4v) is 1.71. The summed E-state index contributed by atoms with van der Waals surface area (Å²) in [5.41, 5.74) is 5.57. The van der Waals surface area contributed by atoms with Crippen molar-refractivity contribution in [3.8, 4) is 0 Å². The molecule has 0 atom stereocenters. The molecule has 0 aliphatic heterocycles. The van der Waals surface area contributed by atoms with Crippen molar-refractivity contribution in [3.63, 3.8) is 0 Å². The Morgan fingerprint density at radius 3 is 2.78 bits per heavy atom. The highest BCUT2D eigenvalue weighted by Gasteiger charge is 2.15. The summed E-state index contributed by atoms with van der Waals surface area (Å²) < 4.78 is 13.5. The zero-order valence-corrected chi connectivity index (χ0v) is 11.5. The van der Waals surface area contributed by atoms with Crippen LogP contribution >= 0.6 is 23.8 Å². The second kappa shape index (κ2) is 6.66. The molecule has 18 heavy (non-hydrogen) atoms. The molecule has 0 radical (unpaired) electrons. The molecule has 0 heterocycles. The first-order valence-electron chi connectivity index (χ1n) is 5.37. The predicted octanol–water partition coefficient (Wildman–Crippen LogP) is 2.16. The topological polar surface area (TPSA) is 46.3 Å². The molecule has 6 heteroatoms. The maximum Gasteiger partial charge on any atom is 0.226 e. The van der Waals surface area contributed by atoms with Gasteiger partial charge in [-0.3, -0.25) is 4.79 Å². The number of nitrogens with zero attached hydrogens (tertiary/aromatic N) is 1. The van der Waals surface area contributed by atoms with Gasteiger partial charge in [0.05, 0.1) is 11.4 Å². The Balaban J connectivity index is 2.67. The maximum absolute atomic E-state index is 13.5. The minimum Gasteiger partial charge on any atom is -0.393 e. The summed E-state index contributed by atoms with van der Waals surface area (Å²) in [4.78, 5) is 13.7. The number of amides is 1. The first-order chi connectivity index (χ1) is 8.41. The van der Waals surface area contributed by atoms with Crippen LogP contribution in [-0.4, -0.2) is 29.4 Å². The minimum atomic E-state index is -0.474. The molecule has 98 valence electrons. The zero-order valence-electron chi connectivity index (χ0n) is 9.95. The van der Waals surface area contributed by atoms with Gasteiger partial charge < -0.3 is 10.6 Å². The largest absolute Gasteiger partial charge is 0.393 e. The van der Waals surface area contributed by atoms with Gasteiger partial charge in [-0.2, -0.15) is 0 Å². The molecule has 2 N–H and O–H groups in total. The molecular formula is C12H14ClFN2OS. The number of hydrogen-bond acceptors (Lipinski definition) is 2. The lowest BCUT2D eigenvalue weighted by Gasteiger charge is -2.17. The fraction of sp³-hybridized carbons (Fsp3) is 0.333.